The topological polar surface area (TPSA) is 35.9 Å². The van der Waals surface area contributed by atoms with E-state index in [0.717, 1.165) is 11.3 Å². The van der Waals surface area contributed by atoms with Crippen LogP contribution in [0.2, 0.25) is 0 Å². The number of anilines is 1. The lowest BCUT2D eigenvalue weighted by molar-refractivity contribution is 1.42. The van der Waals surface area contributed by atoms with Crippen LogP contribution in [0.25, 0.3) is 0 Å². The van der Waals surface area contributed by atoms with Crippen molar-refractivity contribution in [2.45, 2.75) is 6.92 Å². The fraction of sp³-hybridized carbons (Fsp3) is 0.222. The smallest absolute Gasteiger partial charge is 0.0429 e. The van der Waals surface area contributed by atoms with Crippen LogP contribution in [0.15, 0.2) is 24.3 Å². The second kappa shape index (κ2) is 3.19. The average Bonchev–Trinajstić information content (AvgIpc) is 2.04. The van der Waals surface area contributed by atoms with Crippen molar-refractivity contribution in [1.82, 2.24) is 0 Å². The van der Waals surface area contributed by atoms with Crippen molar-refractivity contribution in [3.05, 3.63) is 29.8 Å². The second-order valence-corrected chi connectivity index (χ2v) is 2.42. The molecule has 0 saturated heterocycles. The summed E-state index contributed by atoms with van der Waals surface area (Å²) < 4.78 is 0. The molecule has 11 heavy (non-hydrogen) atoms. The molecule has 0 saturated carbocycles. The molecule has 0 aliphatic heterocycles. The number of hydrogen-bond acceptors (Lipinski definition) is 2. The molecule has 0 aliphatic rings. The van der Waals surface area contributed by atoms with Gasteiger partial charge in [0.15, 0.2) is 0 Å². The normalized spacial score (nSPS) is 9.27. The van der Waals surface area contributed by atoms with Crippen molar-refractivity contribution in [1.29, 1.82) is 5.41 Å². The van der Waals surface area contributed by atoms with Gasteiger partial charge < -0.3 is 10.7 Å². The molecule has 0 spiro atoms. The maximum Gasteiger partial charge on any atom is 0.0429 e. The van der Waals surface area contributed by atoms with E-state index in [0.29, 0.717) is 5.71 Å². The molecule has 0 aromatic heterocycles. The summed E-state index contributed by atoms with van der Waals surface area (Å²) >= 11 is 0. The first-order valence-corrected chi connectivity index (χ1v) is 3.58. The maximum absolute atomic E-state index is 7.44. The number of benzene rings is 1. The van der Waals surface area contributed by atoms with Crippen molar-refractivity contribution in [2.75, 3.05) is 12.4 Å². The fourth-order valence-electron chi connectivity index (χ4n) is 1.03. The number of para-hydroxylation sites is 1. The molecule has 0 aliphatic carbocycles. The number of rotatable bonds is 2. The Bertz CT molecular complexity index is 266. The molecule has 58 valence electrons. The Morgan fingerprint density at radius 1 is 1.36 bits per heavy atom. The molecular weight excluding hydrogens is 136 g/mol. The Hall–Kier alpha value is -1.31. The van der Waals surface area contributed by atoms with E-state index in [-0.39, 0.29) is 0 Å². The van der Waals surface area contributed by atoms with Gasteiger partial charge in [-0.05, 0) is 13.0 Å². The summed E-state index contributed by atoms with van der Waals surface area (Å²) in [4.78, 5) is 0. The molecule has 2 nitrogen and oxygen atoms in total. The lowest BCUT2D eigenvalue weighted by atomic mass is 10.1. The minimum absolute atomic E-state index is 0.593. The third kappa shape index (κ3) is 1.58. The molecule has 0 unspecified atom stereocenters. The maximum atomic E-state index is 7.44. The minimum atomic E-state index is 0.593. The predicted molar refractivity (Wildman–Crippen MR) is 48.5 cm³/mol. The Kier molecular flexibility index (Phi) is 2.26. The van der Waals surface area contributed by atoms with Crippen molar-refractivity contribution in [3.8, 4) is 0 Å². The molecule has 0 bridgehead atoms. The van der Waals surface area contributed by atoms with Gasteiger partial charge in [-0.3, -0.25) is 0 Å². The third-order valence-electron chi connectivity index (χ3n) is 1.60. The van der Waals surface area contributed by atoms with E-state index in [2.05, 4.69) is 5.32 Å². The van der Waals surface area contributed by atoms with Gasteiger partial charge in [-0.15, -0.1) is 0 Å². The Morgan fingerprint density at radius 3 is 2.45 bits per heavy atom. The first-order valence-electron chi connectivity index (χ1n) is 3.58. The SMILES string of the molecule is CNc1ccccc1C(C)=N. The summed E-state index contributed by atoms with van der Waals surface area (Å²) in [5.74, 6) is 0. The Labute approximate surface area is 66.8 Å². The third-order valence-corrected chi connectivity index (χ3v) is 1.60. The first kappa shape index (κ1) is 7.79. The van der Waals surface area contributed by atoms with E-state index < -0.39 is 0 Å². The van der Waals surface area contributed by atoms with Crippen molar-refractivity contribution in [2.24, 2.45) is 0 Å². The molecule has 0 heterocycles. The van der Waals surface area contributed by atoms with Crippen molar-refractivity contribution >= 4 is 11.4 Å². The molecule has 2 N–H and O–H groups in total. The van der Waals surface area contributed by atoms with Crippen LogP contribution in [0.5, 0.6) is 0 Å². The van der Waals surface area contributed by atoms with Crippen molar-refractivity contribution in [3.63, 3.8) is 0 Å². The van der Waals surface area contributed by atoms with Gasteiger partial charge in [0, 0.05) is 24.0 Å². The van der Waals surface area contributed by atoms with Crippen molar-refractivity contribution < 1.29 is 0 Å². The van der Waals surface area contributed by atoms with Crippen LogP contribution in [-0.4, -0.2) is 12.8 Å². The van der Waals surface area contributed by atoms with E-state index >= 15 is 0 Å². The Morgan fingerprint density at radius 2 is 2.00 bits per heavy atom. The van der Waals surface area contributed by atoms with E-state index in [9.17, 15) is 0 Å². The highest BCUT2D eigenvalue weighted by atomic mass is 14.8. The molecule has 1 rings (SSSR count). The number of nitrogens with one attached hydrogen (secondary N) is 2. The van der Waals surface area contributed by atoms with Gasteiger partial charge in [0.25, 0.3) is 0 Å². The predicted octanol–water partition coefficient (Wildman–Crippen LogP) is 2.12. The largest absolute Gasteiger partial charge is 0.388 e. The zero-order valence-electron chi connectivity index (χ0n) is 6.81. The van der Waals surface area contributed by atoms with Crippen LogP contribution in [0, 0.1) is 5.41 Å². The molecule has 0 radical (unpaired) electrons. The summed E-state index contributed by atoms with van der Waals surface area (Å²) in [6, 6.07) is 7.80. The highest BCUT2D eigenvalue weighted by molar-refractivity contribution is 6.01. The highest BCUT2D eigenvalue weighted by Crippen LogP contribution is 2.13. The lowest BCUT2D eigenvalue weighted by Gasteiger charge is -2.05. The molecule has 1 aromatic rings. The summed E-state index contributed by atoms with van der Waals surface area (Å²) in [6.07, 6.45) is 0. The van der Waals surface area contributed by atoms with E-state index in [1.165, 1.54) is 0 Å². The average molecular weight is 148 g/mol. The fourth-order valence-corrected chi connectivity index (χ4v) is 1.03. The quantitative estimate of drug-likeness (QED) is 0.619. The monoisotopic (exact) mass is 148 g/mol. The van der Waals surface area contributed by atoms with Crippen LogP contribution >= 0.6 is 0 Å². The van der Waals surface area contributed by atoms with Crippen LogP contribution in [0.4, 0.5) is 5.69 Å². The highest BCUT2D eigenvalue weighted by Gasteiger charge is 1.99. The zero-order chi connectivity index (χ0) is 8.27. The van der Waals surface area contributed by atoms with E-state index in [1.54, 1.807) is 6.92 Å². The summed E-state index contributed by atoms with van der Waals surface area (Å²) in [6.45, 7) is 1.79. The number of hydrogen-bond donors (Lipinski definition) is 2. The summed E-state index contributed by atoms with van der Waals surface area (Å²) in [7, 11) is 1.86. The van der Waals surface area contributed by atoms with Crippen LogP contribution in [0.1, 0.15) is 12.5 Å². The van der Waals surface area contributed by atoms with Gasteiger partial charge in [-0.1, -0.05) is 18.2 Å². The standard InChI is InChI=1S/C9H12N2/c1-7(10)8-5-3-4-6-9(8)11-2/h3-6,10-11H,1-2H3. The second-order valence-electron chi connectivity index (χ2n) is 2.42. The van der Waals surface area contributed by atoms with Gasteiger partial charge in [0.1, 0.15) is 0 Å². The first-order chi connectivity index (χ1) is 5.25. The van der Waals surface area contributed by atoms with Crippen LogP contribution in [0.3, 0.4) is 0 Å². The molecule has 2 heteroatoms. The van der Waals surface area contributed by atoms with Crippen LogP contribution in [-0.2, 0) is 0 Å². The van der Waals surface area contributed by atoms with Gasteiger partial charge in [0.2, 0.25) is 0 Å². The molecule has 0 amide bonds. The molecule has 1 aromatic carbocycles. The van der Waals surface area contributed by atoms with Gasteiger partial charge >= 0.3 is 0 Å². The lowest BCUT2D eigenvalue weighted by Crippen LogP contribution is -1.98. The van der Waals surface area contributed by atoms with Gasteiger partial charge in [-0.2, -0.15) is 0 Å². The van der Waals surface area contributed by atoms with Crippen LogP contribution < -0.4 is 5.32 Å². The minimum Gasteiger partial charge on any atom is -0.388 e. The molecule has 0 fully saturated rings. The van der Waals surface area contributed by atoms with Gasteiger partial charge in [-0.25, -0.2) is 0 Å². The van der Waals surface area contributed by atoms with E-state index in [4.69, 9.17) is 5.41 Å². The summed E-state index contributed by atoms with van der Waals surface area (Å²) in [5, 5.41) is 10.5. The Balaban J connectivity index is 3.12. The zero-order valence-corrected chi connectivity index (χ0v) is 6.81. The van der Waals surface area contributed by atoms with Gasteiger partial charge in [0.05, 0.1) is 0 Å². The molecular formula is C9H12N2. The summed E-state index contributed by atoms with van der Waals surface area (Å²) in [5.41, 5.74) is 2.57. The van der Waals surface area contributed by atoms with E-state index in [1.807, 2.05) is 31.3 Å². The molecule has 0 atom stereocenters.